The number of halogens is 5. The van der Waals surface area contributed by atoms with Crippen LogP contribution in [0.4, 0.5) is 11.9 Å². The van der Waals surface area contributed by atoms with E-state index in [4.69, 9.17) is 20.2 Å². The van der Waals surface area contributed by atoms with Gasteiger partial charge in [0, 0.05) is 160 Å². The molecule has 0 unspecified atom stereocenters. The molecule has 2 aliphatic heterocycles. The van der Waals surface area contributed by atoms with Crippen LogP contribution in [-0.4, -0.2) is 108 Å². The average Bonchev–Trinajstić information content (AvgIpc) is 3.87. The summed E-state index contributed by atoms with van der Waals surface area (Å²) in [6, 6.07) is 16.3. The molecule has 0 radical (unpaired) electrons. The third kappa shape index (κ3) is 17.8. The number of nitrogens with zero attached hydrogens (tertiary/aromatic N) is 9. The number of rotatable bonds is 11. The van der Waals surface area contributed by atoms with E-state index in [-0.39, 0.29) is 35.9 Å². The Labute approximate surface area is 461 Å². The molecule has 0 atom stereocenters. The zero-order chi connectivity index (χ0) is 47.8. The predicted molar refractivity (Wildman–Crippen MR) is 315 cm³/mol. The molecule has 362 valence electrons. The van der Waals surface area contributed by atoms with Crippen molar-refractivity contribution in [2.24, 2.45) is 36.7 Å². The zero-order valence-electron chi connectivity index (χ0n) is 38.1. The molecule has 2 N–H and O–H groups in total. The van der Waals surface area contributed by atoms with Gasteiger partial charge in [0.25, 0.3) is 0 Å². The zero-order valence-corrected chi connectivity index (χ0v) is 49.1. The SMILES string of the molecule is CCOC(=O)c1cnc(N2CCC(CN)CC2)nc1.CCOC(=O)c1cnc(N2CCC(CN=Cc3cn(C)c4ccccc34)CC2)nc1.Cn1cc(C=O)c2ccccc21.I.ICI.II. The van der Waals surface area contributed by atoms with Gasteiger partial charge in [-0.15, -0.1) is 24.0 Å². The van der Waals surface area contributed by atoms with Crippen molar-refractivity contribution in [2.45, 2.75) is 39.5 Å². The number of carbonyl (C=O) groups is 3. The molecule has 0 amide bonds. The first-order valence-electron chi connectivity index (χ1n) is 21.6. The Balaban J connectivity index is 0.000000275. The van der Waals surface area contributed by atoms with Gasteiger partial charge in [-0.1, -0.05) is 81.6 Å². The molecular formula is C47H59I5N10O5. The number of carbonyl (C=O) groups excluding carboxylic acids is 3. The van der Waals surface area contributed by atoms with E-state index in [1.807, 2.05) is 48.3 Å². The molecule has 4 aromatic heterocycles. The van der Waals surface area contributed by atoms with Crippen LogP contribution in [0.25, 0.3) is 21.8 Å². The lowest BCUT2D eigenvalue weighted by Crippen LogP contribution is -2.37. The lowest BCUT2D eigenvalue weighted by Gasteiger charge is -2.31. The van der Waals surface area contributed by atoms with Crippen LogP contribution in [0.15, 0.2) is 90.7 Å². The smallest absolute Gasteiger partial charge is 0.341 e. The van der Waals surface area contributed by atoms with E-state index in [0.717, 1.165) is 87.7 Å². The fraction of sp³-hybridized carbons (Fsp3) is 0.404. The Kier molecular flexibility index (Phi) is 28.0. The van der Waals surface area contributed by atoms with Crippen LogP contribution in [0.3, 0.4) is 0 Å². The number of fused-ring (bicyclic) bond motifs is 2. The first-order valence-corrected chi connectivity index (χ1v) is 31.0. The fourth-order valence-electron chi connectivity index (χ4n) is 7.54. The third-order valence-electron chi connectivity index (χ3n) is 11.0. The highest BCUT2D eigenvalue weighted by molar-refractivity contribution is 15.0. The van der Waals surface area contributed by atoms with E-state index >= 15 is 0 Å². The minimum absolute atomic E-state index is 0. The molecule has 0 spiro atoms. The van der Waals surface area contributed by atoms with Crippen molar-refractivity contribution in [1.29, 1.82) is 0 Å². The first kappa shape index (κ1) is 58.5. The molecule has 6 heterocycles. The summed E-state index contributed by atoms with van der Waals surface area (Å²) in [5, 5.41) is 2.26. The molecule has 6 aromatic rings. The van der Waals surface area contributed by atoms with Crippen molar-refractivity contribution < 1.29 is 23.9 Å². The van der Waals surface area contributed by atoms with Crippen LogP contribution in [0.1, 0.15) is 76.2 Å². The van der Waals surface area contributed by atoms with Gasteiger partial charge in [0.05, 0.1) is 26.8 Å². The molecule has 0 bridgehead atoms. The largest absolute Gasteiger partial charge is 0.462 e. The fourth-order valence-corrected chi connectivity index (χ4v) is 7.54. The third-order valence-corrected chi connectivity index (χ3v) is 11.0. The Morgan fingerprint density at radius 1 is 0.701 bits per heavy atom. The minimum Gasteiger partial charge on any atom is -0.462 e. The molecule has 2 aliphatic rings. The minimum atomic E-state index is -0.383. The lowest BCUT2D eigenvalue weighted by molar-refractivity contribution is 0.0515. The van der Waals surface area contributed by atoms with Gasteiger partial charge in [0.2, 0.25) is 11.9 Å². The quantitative estimate of drug-likeness (QED) is 0.0428. The topological polar surface area (TPSA) is 176 Å². The number of aryl methyl sites for hydroxylation is 2. The van der Waals surface area contributed by atoms with Gasteiger partial charge in [-0.2, -0.15) is 0 Å². The van der Waals surface area contributed by atoms with Crippen LogP contribution in [0.2, 0.25) is 0 Å². The highest BCUT2D eigenvalue weighted by Gasteiger charge is 2.22. The molecule has 67 heavy (non-hydrogen) atoms. The molecule has 20 heteroatoms. The monoisotopic (exact) mass is 1480 g/mol. The first-order chi connectivity index (χ1) is 32.1. The van der Waals surface area contributed by atoms with Gasteiger partial charge in [-0.05, 0) is 70.0 Å². The maximum atomic E-state index is 11.7. The number of alkyl halides is 2. The normalized spacial score (nSPS) is 13.7. The van der Waals surface area contributed by atoms with E-state index in [2.05, 4.69) is 154 Å². The van der Waals surface area contributed by atoms with Gasteiger partial charge in [-0.25, -0.2) is 29.5 Å². The number of hydrogen-bond acceptors (Lipinski definition) is 13. The molecule has 2 aromatic carbocycles. The van der Waals surface area contributed by atoms with Gasteiger partial charge in [0.1, 0.15) is 0 Å². The van der Waals surface area contributed by atoms with Crippen LogP contribution in [-0.2, 0) is 23.6 Å². The maximum absolute atomic E-state index is 11.7. The highest BCUT2D eigenvalue weighted by atomic mass is 128. The second-order valence-corrected chi connectivity index (χ2v) is 19.7. The van der Waals surface area contributed by atoms with E-state index in [0.29, 0.717) is 48.1 Å². The molecule has 2 fully saturated rings. The number of nitrogens with two attached hydrogens (primary N) is 1. The van der Waals surface area contributed by atoms with Crippen molar-refractivity contribution in [3.05, 3.63) is 108 Å². The van der Waals surface area contributed by atoms with E-state index in [9.17, 15) is 14.4 Å². The number of hydrogen-bond donors (Lipinski definition) is 1. The summed E-state index contributed by atoms with van der Waals surface area (Å²) in [7, 11) is 4.01. The maximum Gasteiger partial charge on any atom is 0.341 e. The van der Waals surface area contributed by atoms with Crippen molar-refractivity contribution in [1.82, 2.24) is 29.1 Å². The summed E-state index contributed by atoms with van der Waals surface area (Å²) < 4.78 is 15.2. The van der Waals surface area contributed by atoms with Gasteiger partial charge < -0.3 is 34.1 Å². The van der Waals surface area contributed by atoms with Crippen molar-refractivity contribution in [3.63, 3.8) is 0 Å². The van der Waals surface area contributed by atoms with Crippen LogP contribution >= 0.6 is 106 Å². The molecular weight excluding hydrogens is 1420 g/mol. The number of para-hydroxylation sites is 2. The summed E-state index contributed by atoms with van der Waals surface area (Å²) in [4.78, 5) is 60.0. The molecule has 8 rings (SSSR count). The summed E-state index contributed by atoms with van der Waals surface area (Å²) in [6.45, 7) is 9.46. The summed E-state index contributed by atoms with van der Waals surface area (Å²) >= 11 is 8.79. The van der Waals surface area contributed by atoms with Crippen molar-refractivity contribution in [2.75, 3.05) is 64.7 Å². The van der Waals surface area contributed by atoms with Crippen molar-refractivity contribution in [3.8, 4) is 0 Å². The van der Waals surface area contributed by atoms with Gasteiger partial charge in [0.15, 0.2) is 6.29 Å². The Morgan fingerprint density at radius 3 is 1.49 bits per heavy atom. The number of piperidine rings is 2. The Morgan fingerprint density at radius 2 is 1.09 bits per heavy atom. The Bertz CT molecular complexity index is 2420. The molecule has 2 saturated heterocycles. The number of aliphatic imine (C=N–C) groups is 1. The summed E-state index contributed by atoms with van der Waals surface area (Å²) in [6.07, 6.45) is 17.2. The van der Waals surface area contributed by atoms with Crippen molar-refractivity contribution >= 4 is 165 Å². The number of ether oxygens (including phenoxy) is 2. The summed E-state index contributed by atoms with van der Waals surface area (Å²) in [5.74, 6) is 1.74. The number of esters is 2. The van der Waals surface area contributed by atoms with E-state index < -0.39 is 0 Å². The van der Waals surface area contributed by atoms with Crippen LogP contribution in [0.5, 0.6) is 0 Å². The molecule has 0 saturated carbocycles. The number of anilines is 2. The highest BCUT2D eigenvalue weighted by Crippen LogP contribution is 2.23. The predicted octanol–water partition coefficient (Wildman–Crippen LogP) is 10.5. The van der Waals surface area contributed by atoms with E-state index in [1.165, 1.54) is 31.3 Å². The standard InChI is InChI=1S/C23H27N5O2.C13H20N4O2.C10H9NO.CH2I2.I2.HI/c1-3-30-22(29)18-14-25-23(26-15-18)28-10-8-17(9-11-28)12-24-13-19-16-27(2)21-7-5-4-6-20(19)21;1-2-19-12(18)11-8-15-13(16-9-11)17-5-3-10(7-14)4-6-17;1-11-6-8(7-12)9-4-2-3-5-10(9)11;2-1-3;1-2;/h4-7,13-17H,3,8-12H2,1-2H3;8-10H,2-7,14H2,1H3;2-7H,1H3;1H2;;1H. The lowest BCUT2D eigenvalue weighted by atomic mass is 9.97. The Hall–Kier alpha value is -2.83. The van der Waals surface area contributed by atoms with Crippen LogP contribution < -0.4 is 15.5 Å². The second kappa shape index (κ2) is 32.1. The number of aromatic nitrogens is 6. The average molecular weight is 1480 g/mol. The second-order valence-electron chi connectivity index (χ2n) is 15.2. The molecule has 15 nitrogen and oxygen atoms in total. The number of aldehydes is 1. The van der Waals surface area contributed by atoms with E-state index in [1.54, 1.807) is 26.2 Å². The summed E-state index contributed by atoms with van der Waals surface area (Å²) in [5.41, 5.74) is 10.7. The molecule has 0 aliphatic carbocycles. The number of benzene rings is 2. The van der Waals surface area contributed by atoms with Gasteiger partial charge in [-0.3, -0.25) is 9.79 Å². The van der Waals surface area contributed by atoms with Gasteiger partial charge >= 0.3 is 11.9 Å². The van der Waals surface area contributed by atoms with Crippen LogP contribution in [0, 0.1) is 11.8 Å².